The van der Waals surface area contributed by atoms with Gasteiger partial charge in [0.2, 0.25) is 0 Å². The van der Waals surface area contributed by atoms with Crippen molar-refractivity contribution in [1.82, 2.24) is 15.0 Å². The summed E-state index contributed by atoms with van der Waals surface area (Å²) in [5.74, 6) is -0.393. The molecule has 0 bridgehead atoms. The molecule has 0 spiro atoms. The van der Waals surface area contributed by atoms with Crippen LogP contribution in [0.25, 0.3) is 10.9 Å². The van der Waals surface area contributed by atoms with E-state index in [2.05, 4.69) is 15.5 Å². The fraction of sp³-hybridized carbons (Fsp3) is 0.200. The molecule has 1 aromatic heterocycles. The minimum atomic E-state index is -0.733. The number of rotatable bonds is 5. The van der Waals surface area contributed by atoms with Gasteiger partial charge >= 0.3 is 0 Å². The predicted octanol–water partition coefficient (Wildman–Crippen LogP) is 2.17. The number of amides is 1. The van der Waals surface area contributed by atoms with Crippen LogP contribution in [0.15, 0.2) is 64.8 Å². The first-order valence-electron chi connectivity index (χ1n) is 8.53. The molecule has 2 aromatic carbocycles. The number of carbonyl (C=O) groups excluding carboxylic acids is 1. The summed E-state index contributed by atoms with van der Waals surface area (Å²) < 4.78 is 1.30. The first-order valence-corrected chi connectivity index (χ1v) is 8.53. The van der Waals surface area contributed by atoms with E-state index in [0.717, 1.165) is 11.3 Å². The molecule has 0 saturated heterocycles. The Labute approximate surface area is 157 Å². The lowest BCUT2D eigenvalue weighted by Crippen LogP contribution is -2.33. The van der Waals surface area contributed by atoms with Crippen LogP contribution in [0.4, 0.5) is 5.69 Å². The number of fused-ring (bicyclic) bond motifs is 1. The van der Waals surface area contributed by atoms with E-state index in [0.29, 0.717) is 10.9 Å². The normalized spacial score (nSPS) is 12.3. The average molecular weight is 363 g/mol. The number of aromatic nitrogens is 2. The zero-order valence-electron chi connectivity index (χ0n) is 15.5. The molecule has 0 saturated carbocycles. The average Bonchev–Trinajstić information content (AvgIpc) is 2.68. The van der Waals surface area contributed by atoms with E-state index in [1.165, 1.54) is 10.9 Å². The summed E-state index contributed by atoms with van der Waals surface area (Å²) in [6.45, 7) is 1.63. The molecule has 0 aliphatic heterocycles. The number of carbonyl (C=O) groups is 1. The molecule has 138 valence electrons. The molecule has 3 rings (SSSR count). The Morgan fingerprint density at radius 3 is 2.59 bits per heavy atom. The molecule has 1 heterocycles. The Balaban J connectivity index is 1.71. The molecule has 0 aliphatic rings. The van der Waals surface area contributed by atoms with Gasteiger partial charge in [-0.1, -0.05) is 24.3 Å². The van der Waals surface area contributed by atoms with Gasteiger partial charge in [0, 0.05) is 19.8 Å². The third kappa shape index (κ3) is 4.03. The van der Waals surface area contributed by atoms with Crippen molar-refractivity contribution in [3.8, 4) is 0 Å². The molecule has 1 N–H and O–H groups in total. The van der Waals surface area contributed by atoms with Crippen LogP contribution >= 0.6 is 0 Å². The standard InChI is InChI=1S/C20H21N5O2/c1-14(25-13-21-18-7-5-4-6-17(18)20(25)27)19(26)23-22-12-15-8-10-16(11-9-15)24(2)3/h4-14H,1-3H3,(H,23,26)/t14-/m0/s1. The molecule has 7 heteroatoms. The van der Waals surface area contributed by atoms with Crippen LogP contribution in [0.3, 0.4) is 0 Å². The summed E-state index contributed by atoms with van der Waals surface area (Å²) >= 11 is 0. The Hall–Kier alpha value is -3.48. The Bertz CT molecular complexity index is 1040. The van der Waals surface area contributed by atoms with E-state index in [1.807, 2.05) is 49.3 Å². The number of hydrogen-bond acceptors (Lipinski definition) is 5. The summed E-state index contributed by atoms with van der Waals surface area (Å²) in [6.07, 6.45) is 2.95. The van der Waals surface area contributed by atoms with E-state index >= 15 is 0 Å². The molecule has 27 heavy (non-hydrogen) atoms. The van der Waals surface area contributed by atoms with Gasteiger partial charge in [0.15, 0.2) is 0 Å². The molecular formula is C20H21N5O2. The minimum absolute atomic E-state index is 0.258. The van der Waals surface area contributed by atoms with Gasteiger partial charge in [-0.05, 0) is 36.8 Å². The predicted molar refractivity (Wildman–Crippen MR) is 107 cm³/mol. The summed E-state index contributed by atoms with van der Waals surface area (Å²) in [5.41, 5.74) is 4.76. The van der Waals surface area contributed by atoms with E-state index in [1.54, 1.807) is 31.3 Å². The molecular weight excluding hydrogens is 342 g/mol. The van der Waals surface area contributed by atoms with Gasteiger partial charge in [-0.2, -0.15) is 5.10 Å². The van der Waals surface area contributed by atoms with Gasteiger partial charge in [0.25, 0.3) is 11.5 Å². The van der Waals surface area contributed by atoms with Gasteiger partial charge in [-0.15, -0.1) is 0 Å². The highest BCUT2D eigenvalue weighted by Crippen LogP contribution is 2.11. The van der Waals surface area contributed by atoms with Crippen molar-refractivity contribution in [3.05, 3.63) is 70.8 Å². The van der Waals surface area contributed by atoms with E-state index < -0.39 is 11.9 Å². The number of nitrogens with one attached hydrogen (secondary N) is 1. The number of anilines is 1. The maximum atomic E-state index is 12.6. The number of benzene rings is 2. The van der Waals surface area contributed by atoms with Gasteiger partial charge in [0.1, 0.15) is 6.04 Å². The molecule has 0 radical (unpaired) electrons. The van der Waals surface area contributed by atoms with Crippen LogP contribution in [-0.2, 0) is 4.79 Å². The molecule has 1 atom stereocenters. The molecule has 7 nitrogen and oxygen atoms in total. The minimum Gasteiger partial charge on any atom is -0.378 e. The topological polar surface area (TPSA) is 79.6 Å². The van der Waals surface area contributed by atoms with Crippen LogP contribution in [0.5, 0.6) is 0 Å². The lowest BCUT2D eigenvalue weighted by molar-refractivity contribution is -0.123. The fourth-order valence-electron chi connectivity index (χ4n) is 2.61. The van der Waals surface area contributed by atoms with E-state index in [-0.39, 0.29) is 5.56 Å². The molecule has 0 unspecified atom stereocenters. The maximum absolute atomic E-state index is 12.6. The number of hydrogen-bond donors (Lipinski definition) is 1. The third-order valence-electron chi connectivity index (χ3n) is 4.28. The largest absolute Gasteiger partial charge is 0.378 e. The van der Waals surface area contributed by atoms with Crippen LogP contribution in [0.2, 0.25) is 0 Å². The van der Waals surface area contributed by atoms with Crippen molar-refractivity contribution in [2.75, 3.05) is 19.0 Å². The zero-order valence-corrected chi connectivity index (χ0v) is 15.5. The van der Waals surface area contributed by atoms with Crippen LogP contribution in [0, 0.1) is 0 Å². The van der Waals surface area contributed by atoms with E-state index in [4.69, 9.17) is 0 Å². The molecule has 0 aliphatic carbocycles. The SMILES string of the molecule is C[C@@H](C(=O)NN=Cc1ccc(N(C)C)cc1)n1cnc2ccccc2c1=O. The Kier molecular flexibility index (Phi) is 5.30. The summed E-state index contributed by atoms with van der Waals surface area (Å²) in [6, 6.07) is 14.1. The highest BCUT2D eigenvalue weighted by Gasteiger charge is 2.17. The van der Waals surface area contributed by atoms with Gasteiger partial charge in [-0.3, -0.25) is 14.2 Å². The second kappa shape index (κ2) is 7.82. The first-order chi connectivity index (χ1) is 13.0. The zero-order chi connectivity index (χ0) is 19.4. The van der Waals surface area contributed by atoms with Crippen molar-refractivity contribution in [2.45, 2.75) is 13.0 Å². The molecule has 0 fully saturated rings. The number of para-hydroxylation sites is 1. The highest BCUT2D eigenvalue weighted by molar-refractivity contribution is 5.84. The van der Waals surface area contributed by atoms with Gasteiger partial charge in [-0.25, -0.2) is 10.4 Å². The Morgan fingerprint density at radius 2 is 1.89 bits per heavy atom. The quantitative estimate of drug-likeness (QED) is 0.557. The lowest BCUT2D eigenvalue weighted by atomic mass is 10.2. The Morgan fingerprint density at radius 1 is 1.19 bits per heavy atom. The van der Waals surface area contributed by atoms with Crippen molar-refractivity contribution in [3.63, 3.8) is 0 Å². The van der Waals surface area contributed by atoms with Crippen LogP contribution in [0.1, 0.15) is 18.5 Å². The van der Waals surface area contributed by atoms with Crippen molar-refractivity contribution in [1.29, 1.82) is 0 Å². The summed E-state index contributed by atoms with van der Waals surface area (Å²) in [4.78, 5) is 31.1. The second-order valence-electron chi connectivity index (χ2n) is 6.37. The maximum Gasteiger partial charge on any atom is 0.262 e. The fourth-order valence-corrected chi connectivity index (χ4v) is 2.61. The van der Waals surface area contributed by atoms with Crippen molar-refractivity contribution < 1.29 is 4.79 Å². The van der Waals surface area contributed by atoms with Gasteiger partial charge < -0.3 is 4.90 Å². The summed E-state index contributed by atoms with van der Waals surface area (Å²) in [7, 11) is 3.93. The third-order valence-corrected chi connectivity index (χ3v) is 4.28. The summed E-state index contributed by atoms with van der Waals surface area (Å²) in [5, 5.41) is 4.46. The van der Waals surface area contributed by atoms with Crippen molar-refractivity contribution in [2.24, 2.45) is 5.10 Å². The number of nitrogens with zero attached hydrogens (tertiary/aromatic N) is 4. The van der Waals surface area contributed by atoms with E-state index in [9.17, 15) is 9.59 Å². The molecule has 3 aromatic rings. The van der Waals surface area contributed by atoms with Crippen molar-refractivity contribution >= 4 is 28.7 Å². The second-order valence-corrected chi connectivity index (χ2v) is 6.37. The lowest BCUT2D eigenvalue weighted by Gasteiger charge is -2.13. The van der Waals surface area contributed by atoms with Gasteiger partial charge in [0.05, 0.1) is 23.4 Å². The highest BCUT2D eigenvalue weighted by atomic mass is 16.2. The van der Waals surface area contributed by atoms with Crippen LogP contribution < -0.4 is 15.9 Å². The molecule has 1 amide bonds. The smallest absolute Gasteiger partial charge is 0.262 e. The first kappa shape index (κ1) is 18.3. The van der Waals surface area contributed by atoms with Crippen LogP contribution in [-0.4, -0.2) is 35.8 Å². The monoisotopic (exact) mass is 363 g/mol. The number of hydrazone groups is 1.